The third kappa shape index (κ3) is 4.55. The number of nitrogens with zero attached hydrogens (tertiary/aromatic N) is 6. The molecule has 0 saturated carbocycles. The molecule has 0 aliphatic carbocycles. The molecule has 0 bridgehead atoms. The van der Waals surface area contributed by atoms with Gasteiger partial charge in [-0.15, -0.1) is 10.2 Å². The van der Waals surface area contributed by atoms with Crippen molar-refractivity contribution < 1.29 is 18.3 Å². The topological polar surface area (TPSA) is 166 Å². The molecule has 0 spiro atoms. The maximum Gasteiger partial charge on any atom is 0.299 e. The standard InChI is InChI=1S/C19H17N7O6S2/c27-24(28)14-5-3-13(4-6-14)20-18-17(19(33)23-11-1-2-12-23)21-26(22-18)34(31,32)16-9-7-15(8-10-16)25(29)30/h3-10H,1-2,11-12H2,(H,20,22). The van der Waals surface area contributed by atoms with E-state index in [1.165, 1.54) is 24.3 Å². The Labute approximate surface area is 198 Å². The van der Waals surface area contributed by atoms with E-state index in [2.05, 4.69) is 15.5 Å². The first-order valence-corrected chi connectivity index (χ1v) is 11.8. The average Bonchev–Trinajstić information content (AvgIpc) is 3.50. The first-order valence-electron chi connectivity index (χ1n) is 9.95. The van der Waals surface area contributed by atoms with Gasteiger partial charge in [-0.3, -0.25) is 20.2 Å². The Morgan fingerprint density at radius 1 is 0.912 bits per heavy atom. The Morgan fingerprint density at radius 3 is 1.97 bits per heavy atom. The van der Waals surface area contributed by atoms with Crippen LogP contribution in [0.25, 0.3) is 0 Å². The summed E-state index contributed by atoms with van der Waals surface area (Å²) in [4.78, 5) is 22.6. The summed E-state index contributed by atoms with van der Waals surface area (Å²) >= 11 is 5.55. The lowest BCUT2D eigenvalue weighted by Crippen LogP contribution is -2.28. The summed E-state index contributed by atoms with van der Waals surface area (Å²) in [5, 5.41) is 32.9. The monoisotopic (exact) mass is 503 g/mol. The van der Waals surface area contributed by atoms with Gasteiger partial charge in [0.05, 0.1) is 14.7 Å². The molecule has 13 nitrogen and oxygen atoms in total. The van der Waals surface area contributed by atoms with Gasteiger partial charge in [0.2, 0.25) is 0 Å². The number of hydrogen-bond acceptors (Lipinski definition) is 10. The minimum Gasteiger partial charge on any atom is -0.361 e. The summed E-state index contributed by atoms with van der Waals surface area (Å²) in [5.41, 5.74) is 0.170. The van der Waals surface area contributed by atoms with Crippen molar-refractivity contribution in [2.24, 2.45) is 0 Å². The van der Waals surface area contributed by atoms with Crippen LogP contribution in [-0.2, 0) is 10.0 Å². The van der Waals surface area contributed by atoms with Gasteiger partial charge < -0.3 is 10.2 Å². The van der Waals surface area contributed by atoms with Gasteiger partial charge in [0, 0.05) is 43.0 Å². The van der Waals surface area contributed by atoms with Crippen molar-refractivity contribution in [3.63, 3.8) is 0 Å². The molecule has 3 aromatic rings. The Bertz CT molecular complexity index is 1370. The molecule has 1 fully saturated rings. The van der Waals surface area contributed by atoms with E-state index in [9.17, 15) is 28.6 Å². The van der Waals surface area contributed by atoms with Gasteiger partial charge >= 0.3 is 0 Å². The van der Waals surface area contributed by atoms with Crippen molar-refractivity contribution in [1.29, 1.82) is 0 Å². The molecule has 0 unspecified atom stereocenters. The van der Waals surface area contributed by atoms with Crippen LogP contribution in [0.3, 0.4) is 0 Å². The highest BCUT2D eigenvalue weighted by Crippen LogP contribution is 2.25. The van der Waals surface area contributed by atoms with Crippen LogP contribution in [-0.4, -0.2) is 55.6 Å². The van der Waals surface area contributed by atoms with Crippen LogP contribution < -0.4 is 5.32 Å². The largest absolute Gasteiger partial charge is 0.361 e. The van der Waals surface area contributed by atoms with Crippen LogP contribution in [0.5, 0.6) is 0 Å². The number of nitro benzene ring substituents is 2. The van der Waals surface area contributed by atoms with E-state index in [0.29, 0.717) is 28.0 Å². The fourth-order valence-electron chi connectivity index (χ4n) is 3.33. The van der Waals surface area contributed by atoms with Gasteiger partial charge in [-0.25, -0.2) is 0 Å². The first kappa shape index (κ1) is 23.2. The van der Waals surface area contributed by atoms with Crippen molar-refractivity contribution in [2.75, 3.05) is 18.4 Å². The summed E-state index contributed by atoms with van der Waals surface area (Å²) in [7, 11) is -4.29. The highest BCUT2D eigenvalue weighted by molar-refractivity contribution is 7.89. The lowest BCUT2D eigenvalue weighted by Gasteiger charge is -2.17. The van der Waals surface area contributed by atoms with E-state index in [-0.39, 0.29) is 27.8 Å². The van der Waals surface area contributed by atoms with Gasteiger partial charge in [0.15, 0.2) is 11.5 Å². The van der Waals surface area contributed by atoms with Crippen molar-refractivity contribution in [3.8, 4) is 0 Å². The number of rotatable bonds is 7. The van der Waals surface area contributed by atoms with E-state index >= 15 is 0 Å². The Kier molecular flexibility index (Phi) is 6.21. The second kappa shape index (κ2) is 9.11. The van der Waals surface area contributed by atoms with Gasteiger partial charge in [-0.05, 0) is 37.1 Å². The highest BCUT2D eigenvalue weighted by atomic mass is 32.2. The average molecular weight is 504 g/mol. The number of hydrogen-bond donors (Lipinski definition) is 1. The van der Waals surface area contributed by atoms with Crippen LogP contribution in [0.15, 0.2) is 53.4 Å². The van der Waals surface area contributed by atoms with E-state index < -0.39 is 19.9 Å². The van der Waals surface area contributed by atoms with Crippen LogP contribution in [0.1, 0.15) is 18.5 Å². The van der Waals surface area contributed by atoms with Crippen molar-refractivity contribution in [2.45, 2.75) is 17.7 Å². The summed E-state index contributed by atoms with van der Waals surface area (Å²) < 4.78 is 26.7. The number of nitrogens with one attached hydrogen (secondary N) is 1. The molecule has 0 amide bonds. The minimum atomic E-state index is -4.29. The van der Waals surface area contributed by atoms with Crippen LogP contribution in [0, 0.1) is 20.2 Å². The Hall–Kier alpha value is -3.98. The SMILES string of the molecule is O=[N+]([O-])c1ccc(Nc2nn(S(=O)(=O)c3ccc([N+](=O)[O-])cc3)nc2C(=S)N2CCCC2)cc1. The number of benzene rings is 2. The first-order chi connectivity index (χ1) is 16.2. The summed E-state index contributed by atoms with van der Waals surface area (Å²) in [6, 6.07) is 9.81. The number of non-ortho nitro benzene ring substituents is 2. The third-order valence-corrected chi connectivity index (χ3v) is 7.01. The molecule has 176 valence electrons. The maximum atomic E-state index is 13.1. The number of thiocarbonyl (C=S) groups is 1. The smallest absolute Gasteiger partial charge is 0.299 e. The number of likely N-dealkylation sites (tertiary alicyclic amines) is 1. The van der Waals surface area contributed by atoms with Crippen LogP contribution >= 0.6 is 12.2 Å². The van der Waals surface area contributed by atoms with Crippen molar-refractivity contribution >= 4 is 50.1 Å². The molecular formula is C19H17N7O6S2. The Morgan fingerprint density at radius 2 is 1.44 bits per heavy atom. The molecule has 4 rings (SSSR count). The van der Waals surface area contributed by atoms with Gasteiger partial charge in [-0.2, -0.15) is 8.42 Å². The molecule has 1 N–H and O–H groups in total. The third-order valence-electron chi connectivity index (χ3n) is 5.09. The van der Waals surface area contributed by atoms with Crippen LogP contribution in [0.2, 0.25) is 0 Å². The summed E-state index contributed by atoms with van der Waals surface area (Å²) in [5.74, 6) is 0.0521. The quantitative estimate of drug-likeness (QED) is 0.286. The highest BCUT2D eigenvalue weighted by Gasteiger charge is 2.28. The zero-order chi connectivity index (χ0) is 24.5. The van der Waals surface area contributed by atoms with Gasteiger partial charge in [0.25, 0.3) is 21.4 Å². The molecule has 0 atom stereocenters. The fourth-order valence-corrected chi connectivity index (χ4v) is 4.70. The molecule has 1 aromatic heterocycles. The van der Waals surface area contributed by atoms with Gasteiger partial charge in [-0.1, -0.05) is 16.4 Å². The molecule has 2 heterocycles. The van der Waals surface area contributed by atoms with E-state index in [1.54, 1.807) is 0 Å². The predicted molar refractivity (Wildman–Crippen MR) is 125 cm³/mol. The molecule has 1 aliphatic heterocycles. The van der Waals surface area contributed by atoms with E-state index in [1.807, 2.05) is 4.90 Å². The summed E-state index contributed by atoms with van der Waals surface area (Å²) in [6.07, 6.45) is 1.86. The second-order valence-electron chi connectivity index (χ2n) is 7.30. The number of aromatic nitrogens is 3. The lowest BCUT2D eigenvalue weighted by atomic mass is 10.3. The second-order valence-corrected chi connectivity index (χ2v) is 9.44. The molecular weight excluding hydrogens is 486 g/mol. The van der Waals surface area contributed by atoms with E-state index in [4.69, 9.17) is 12.2 Å². The molecule has 1 saturated heterocycles. The maximum absolute atomic E-state index is 13.1. The molecule has 15 heteroatoms. The molecule has 1 aliphatic rings. The van der Waals surface area contributed by atoms with Crippen molar-refractivity contribution in [3.05, 3.63) is 74.5 Å². The Balaban J connectivity index is 1.72. The predicted octanol–water partition coefficient (Wildman–Crippen LogP) is 2.85. The normalized spacial score (nSPS) is 13.6. The van der Waals surface area contributed by atoms with E-state index in [0.717, 1.165) is 37.1 Å². The molecule has 2 aromatic carbocycles. The number of anilines is 2. The summed E-state index contributed by atoms with van der Waals surface area (Å²) in [6.45, 7) is 1.38. The molecule has 0 radical (unpaired) electrons. The van der Waals surface area contributed by atoms with Crippen LogP contribution in [0.4, 0.5) is 22.9 Å². The number of nitro groups is 2. The van der Waals surface area contributed by atoms with Crippen molar-refractivity contribution in [1.82, 2.24) is 19.3 Å². The van der Waals surface area contributed by atoms with Gasteiger partial charge in [0.1, 0.15) is 4.99 Å². The zero-order valence-electron chi connectivity index (χ0n) is 17.4. The fraction of sp³-hybridized carbons (Fsp3) is 0.211. The zero-order valence-corrected chi connectivity index (χ0v) is 19.0. The lowest BCUT2D eigenvalue weighted by molar-refractivity contribution is -0.385. The minimum absolute atomic E-state index is 0.0521. The molecule has 34 heavy (non-hydrogen) atoms.